The second-order valence-electron chi connectivity index (χ2n) is 8.49. The molecule has 1 atom stereocenters. The molecule has 2 N–H and O–H groups in total. The van der Waals surface area contributed by atoms with Gasteiger partial charge in [-0.3, -0.25) is 0 Å². The van der Waals surface area contributed by atoms with Crippen molar-refractivity contribution in [3.8, 4) is 11.5 Å². The maximum Gasteiger partial charge on any atom is 0.338 e. The Labute approximate surface area is 208 Å². The van der Waals surface area contributed by atoms with Gasteiger partial charge in [0.2, 0.25) is 0 Å². The molecule has 1 heterocycles. The van der Waals surface area contributed by atoms with Crippen molar-refractivity contribution < 1.29 is 28.2 Å². The number of esters is 1. The van der Waals surface area contributed by atoms with Crippen LogP contribution in [-0.2, 0) is 16.1 Å². The van der Waals surface area contributed by atoms with Crippen LogP contribution in [0, 0.1) is 5.82 Å². The fraction of sp³-hybridized carbons (Fsp3) is 0.214. The van der Waals surface area contributed by atoms with Gasteiger partial charge in [-0.15, -0.1) is 0 Å². The average Bonchev–Trinajstić information content (AvgIpc) is 2.87. The zero-order valence-corrected chi connectivity index (χ0v) is 20.2. The summed E-state index contributed by atoms with van der Waals surface area (Å²) in [5.74, 6) is 0.402. The van der Waals surface area contributed by atoms with Gasteiger partial charge in [-0.05, 0) is 79.1 Å². The van der Waals surface area contributed by atoms with E-state index in [-0.39, 0.29) is 24.1 Å². The molecule has 0 saturated heterocycles. The monoisotopic (exact) mass is 490 g/mol. The number of carbonyl (C=O) groups excluding carboxylic acids is 2. The van der Waals surface area contributed by atoms with Crippen molar-refractivity contribution in [2.45, 2.75) is 32.6 Å². The minimum Gasteiger partial charge on any atom is -0.497 e. The van der Waals surface area contributed by atoms with E-state index in [1.165, 1.54) is 12.1 Å². The number of rotatable bonds is 8. The minimum absolute atomic E-state index is 0.275. The van der Waals surface area contributed by atoms with E-state index in [1.54, 1.807) is 81.6 Å². The molecule has 8 heteroatoms. The third kappa shape index (κ3) is 5.83. The minimum atomic E-state index is -0.742. The Morgan fingerprint density at radius 3 is 2.19 bits per heavy atom. The van der Waals surface area contributed by atoms with E-state index in [2.05, 4.69) is 10.6 Å². The lowest BCUT2D eigenvalue weighted by Gasteiger charge is -2.30. The molecule has 3 aromatic carbocycles. The Kier molecular flexibility index (Phi) is 7.53. The Balaban J connectivity index is 1.64. The van der Waals surface area contributed by atoms with Gasteiger partial charge in [0.25, 0.3) is 0 Å². The first-order valence-electron chi connectivity index (χ1n) is 11.5. The smallest absolute Gasteiger partial charge is 0.338 e. The summed E-state index contributed by atoms with van der Waals surface area (Å²) in [5, 5.41) is 5.60. The number of hydrogen-bond acceptors (Lipinski definition) is 5. The number of methoxy groups -OCH3 is 1. The highest BCUT2D eigenvalue weighted by Crippen LogP contribution is 2.33. The molecule has 1 unspecified atom stereocenters. The van der Waals surface area contributed by atoms with Gasteiger partial charge in [0.15, 0.2) is 0 Å². The molecule has 186 valence electrons. The number of halogens is 1. The molecular formula is C28H27FN2O5. The van der Waals surface area contributed by atoms with Crippen molar-refractivity contribution in [2.75, 3.05) is 7.11 Å². The topological polar surface area (TPSA) is 85.9 Å². The van der Waals surface area contributed by atoms with E-state index in [9.17, 15) is 14.0 Å². The van der Waals surface area contributed by atoms with Crippen molar-refractivity contribution >= 4 is 17.7 Å². The fourth-order valence-electron chi connectivity index (χ4n) is 3.80. The highest BCUT2D eigenvalue weighted by Gasteiger charge is 2.34. The normalized spacial score (nSPS) is 15.2. The van der Waals surface area contributed by atoms with Crippen LogP contribution in [0.15, 0.2) is 78.4 Å². The molecule has 0 bridgehead atoms. The van der Waals surface area contributed by atoms with Gasteiger partial charge in [-0.1, -0.05) is 24.3 Å². The van der Waals surface area contributed by atoms with E-state index in [0.29, 0.717) is 28.3 Å². The van der Waals surface area contributed by atoms with Crippen molar-refractivity contribution in [1.82, 2.24) is 10.6 Å². The van der Waals surface area contributed by atoms with Crippen LogP contribution in [-0.4, -0.2) is 25.2 Å². The molecule has 0 spiro atoms. The van der Waals surface area contributed by atoms with Gasteiger partial charge < -0.3 is 24.8 Å². The molecule has 0 aromatic heterocycles. The van der Waals surface area contributed by atoms with Gasteiger partial charge in [0, 0.05) is 0 Å². The molecule has 0 aliphatic carbocycles. The van der Waals surface area contributed by atoms with Crippen molar-refractivity contribution in [2.24, 2.45) is 0 Å². The largest absolute Gasteiger partial charge is 0.497 e. The van der Waals surface area contributed by atoms with Crippen molar-refractivity contribution in [3.63, 3.8) is 0 Å². The highest BCUT2D eigenvalue weighted by atomic mass is 19.1. The zero-order chi connectivity index (χ0) is 25.7. The number of ether oxygens (including phenoxy) is 3. The van der Waals surface area contributed by atoms with Crippen LogP contribution in [0.2, 0.25) is 0 Å². The van der Waals surface area contributed by atoms with E-state index in [4.69, 9.17) is 14.2 Å². The first kappa shape index (κ1) is 24.8. The SMILES string of the molecule is COc1ccc(C2=C(C(=O)OC(C)C)C(c3ccc(OCc4ccc(F)cc4)cc3)NC(=O)N2)cc1. The standard InChI is InChI=1S/C28H27FN2O5/c1-17(2)36-27(32)24-25(19-6-12-22(34-3)13-7-19)30-28(33)31-26(24)20-8-14-23(15-9-20)35-16-18-4-10-21(29)11-5-18/h4-15,17,26H,16H2,1-3H3,(H2,30,31,33). The fourth-order valence-corrected chi connectivity index (χ4v) is 3.80. The van der Waals surface area contributed by atoms with Crippen LogP contribution in [0.5, 0.6) is 11.5 Å². The lowest BCUT2D eigenvalue weighted by atomic mass is 9.92. The Bertz CT molecular complexity index is 1250. The summed E-state index contributed by atoms with van der Waals surface area (Å²) >= 11 is 0. The summed E-state index contributed by atoms with van der Waals surface area (Å²) in [6.07, 6.45) is -0.345. The predicted octanol–water partition coefficient (Wildman–Crippen LogP) is 5.13. The number of nitrogens with one attached hydrogen (secondary N) is 2. The third-order valence-electron chi connectivity index (χ3n) is 5.55. The molecule has 4 rings (SSSR count). The summed E-state index contributed by atoms with van der Waals surface area (Å²) < 4.78 is 29.7. The Morgan fingerprint density at radius 1 is 0.944 bits per heavy atom. The summed E-state index contributed by atoms with van der Waals surface area (Å²) in [5.41, 5.74) is 2.81. The molecule has 36 heavy (non-hydrogen) atoms. The maximum absolute atomic E-state index is 13.2. The van der Waals surface area contributed by atoms with Crippen LogP contribution in [0.1, 0.15) is 36.6 Å². The van der Waals surface area contributed by atoms with Gasteiger partial charge >= 0.3 is 12.0 Å². The van der Waals surface area contributed by atoms with E-state index in [0.717, 1.165) is 5.56 Å². The molecule has 0 fully saturated rings. The third-order valence-corrected chi connectivity index (χ3v) is 5.55. The molecular weight excluding hydrogens is 463 g/mol. The summed E-state index contributed by atoms with van der Waals surface area (Å²) in [7, 11) is 1.56. The average molecular weight is 491 g/mol. The zero-order valence-electron chi connectivity index (χ0n) is 20.2. The summed E-state index contributed by atoms with van der Waals surface area (Å²) in [4.78, 5) is 25.8. The van der Waals surface area contributed by atoms with E-state index < -0.39 is 18.0 Å². The van der Waals surface area contributed by atoms with Crippen LogP contribution in [0.3, 0.4) is 0 Å². The Hall–Kier alpha value is -4.33. The lowest BCUT2D eigenvalue weighted by molar-refractivity contribution is -0.143. The predicted molar refractivity (Wildman–Crippen MR) is 133 cm³/mol. The first-order valence-corrected chi connectivity index (χ1v) is 11.5. The molecule has 3 aromatic rings. The van der Waals surface area contributed by atoms with E-state index >= 15 is 0 Å². The van der Waals surface area contributed by atoms with Crippen LogP contribution < -0.4 is 20.1 Å². The quantitative estimate of drug-likeness (QED) is 0.428. The maximum atomic E-state index is 13.2. The first-order chi connectivity index (χ1) is 17.3. The van der Waals surface area contributed by atoms with Gasteiger partial charge in [-0.25, -0.2) is 14.0 Å². The van der Waals surface area contributed by atoms with Gasteiger partial charge in [0.05, 0.1) is 30.5 Å². The second kappa shape index (κ2) is 10.9. The molecule has 0 saturated carbocycles. The van der Waals surface area contributed by atoms with Gasteiger partial charge in [-0.2, -0.15) is 0 Å². The number of urea groups is 1. The number of carbonyl (C=O) groups is 2. The number of amides is 2. The van der Waals surface area contributed by atoms with Crippen LogP contribution in [0.4, 0.5) is 9.18 Å². The Morgan fingerprint density at radius 2 is 1.58 bits per heavy atom. The van der Waals surface area contributed by atoms with Crippen molar-refractivity contribution in [3.05, 3.63) is 101 Å². The summed E-state index contributed by atoms with van der Waals surface area (Å²) in [6, 6.07) is 19.0. The second-order valence-corrected chi connectivity index (χ2v) is 8.49. The number of benzene rings is 3. The van der Waals surface area contributed by atoms with Crippen LogP contribution >= 0.6 is 0 Å². The summed E-state index contributed by atoms with van der Waals surface area (Å²) in [6.45, 7) is 3.81. The molecule has 0 radical (unpaired) electrons. The molecule has 2 amide bonds. The number of hydrogen-bond donors (Lipinski definition) is 2. The molecule has 7 nitrogen and oxygen atoms in total. The van der Waals surface area contributed by atoms with E-state index in [1.807, 2.05) is 0 Å². The van der Waals surface area contributed by atoms with Gasteiger partial charge in [0.1, 0.15) is 23.9 Å². The lowest BCUT2D eigenvalue weighted by Crippen LogP contribution is -2.45. The highest BCUT2D eigenvalue weighted by molar-refractivity contribution is 6.04. The van der Waals surface area contributed by atoms with Crippen molar-refractivity contribution in [1.29, 1.82) is 0 Å². The molecule has 1 aliphatic heterocycles. The molecule has 1 aliphatic rings. The van der Waals surface area contributed by atoms with Crippen LogP contribution in [0.25, 0.3) is 5.70 Å².